The second-order valence-corrected chi connectivity index (χ2v) is 4.75. The molecule has 6 nitrogen and oxygen atoms in total. The van der Waals surface area contributed by atoms with Gasteiger partial charge in [0.1, 0.15) is 0 Å². The molecule has 1 atom stereocenters. The number of carboxylic acids is 1. The number of rotatable bonds is 5. The minimum absolute atomic E-state index is 0.246. The third-order valence-corrected chi connectivity index (χ3v) is 3.36. The molecular weight excluding hydrogens is 244 g/mol. The van der Waals surface area contributed by atoms with Crippen LogP contribution in [0.15, 0.2) is 30.3 Å². The average Bonchev–Trinajstić information content (AvgIpc) is 2.87. The van der Waals surface area contributed by atoms with Gasteiger partial charge in [-0.1, -0.05) is 37.3 Å². The lowest BCUT2D eigenvalue weighted by molar-refractivity contribution is -0.149. The summed E-state index contributed by atoms with van der Waals surface area (Å²) in [6.07, 6.45) is 0.510. The van der Waals surface area contributed by atoms with E-state index in [-0.39, 0.29) is 6.54 Å². The molecule has 6 heteroatoms. The molecule has 100 valence electrons. The summed E-state index contributed by atoms with van der Waals surface area (Å²) in [5.41, 5.74) is -0.00447. The fourth-order valence-corrected chi connectivity index (χ4v) is 1.77. The van der Waals surface area contributed by atoms with Crippen LogP contribution in [0.3, 0.4) is 0 Å². The van der Waals surface area contributed by atoms with Crippen LogP contribution < -0.4 is 0 Å². The van der Waals surface area contributed by atoms with Gasteiger partial charge in [-0.15, -0.1) is 5.10 Å². The Balaban J connectivity index is 2.33. The first kappa shape index (κ1) is 13.2. The third-order valence-electron chi connectivity index (χ3n) is 3.36. The summed E-state index contributed by atoms with van der Waals surface area (Å²) in [4.78, 5) is 11.3. The fourth-order valence-electron chi connectivity index (χ4n) is 1.77. The van der Waals surface area contributed by atoms with Crippen molar-refractivity contribution < 1.29 is 9.90 Å². The van der Waals surface area contributed by atoms with E-state index >= 15 is 0 Å². The van der Waals surface area contributed by atoms with Crippen molar-refractivity contribution in [1.29, 1.82) is 0 Å². The zero-order chi connectivity index (χ0) is 13.9. The lowest BCUT2D eigenvalue weighted by Crippen LogP contribution is -2.32. The van der Waals surface area contributed by atoms with E-state index in [1.807, 2.05) is 37.3 Å². The largest absolute Gasteiger partial charge is 0.481 e. The molecule has 1 aromatic heterocycles. The van der Waals surface area contributed by atoms with E-state index in [2.05, 4.69) is 15.5 Å². The van der Waals surface area contributed by atoms with Crippen LogP contribution in [0.4, 0.5) is 0 Å². The first-order chi connectivity index (χ1) is 9.07. The number of aliphatic carboxylic acids is 1. The average molecular weight is 260 g/mol. The minimum Gasteiger partial charge on any atom is -0.481 e. The van der Waals surface area contributed by atoms with Gasteiger partial charge in [-0.3, -0.25) is 4.79 Å². The molecular formula is C13H16N4O2. The van der Waals surface area contributed by atoms with E-state index < -0.39 is 11.4 Å². The summed E-state index contributed by atoms with van der Waals surface area (Å²) in [6, 6.07) is 9.48. The van der Waals surface area contributed by atoms with Crippen LogP contribution in [0.1, 0.15) is 20.3 Å². The SMILES string of the molecule is CCC(C)(Cn1nnnc1-c1ccccc1)C(=O)O. The number of nitrogens with zero attached hydrogens (tertiary/aromatic N) is 4. The third kappa shape index (κ3) is 2.62. The first-order valence-corrected chi connectivity index (χ1v) is 6.12. The molecule has 0 amide bonds. The number of aromatic nitrogens is 4. The Morgan fingerprint density at radius 2 is 2.05 bits per heavy atom. The van der Waals surface area contributed by atoms with Crippen molar-refractivity contribution >= 4 is 5.97 Å². The highest BCUT2D eigenvalue weighted by atomic mass is 16.4. The van der Waals surface area contributed by atoms with Crippen molar-refractivity contribution in [3.63, 3.8) is 0 Å². The predicted molar refractivity (Wildman–Crippen MR) is 69.3 cm³/mol. The summed E-state index contributed by atoms with van der Waals surface area (Å²) >= 11 is 0. The smallest absolute Gasteiger partial charge is 0.311 e. The number of carbonyl (C=O) groups is 1. The van der Waals surface area contributed by atoms with Crippen LogP contribution in [0, 0.1) is 5.41 Å². The van der Waals surface area contributed by atoms with E-state index in [0.717, 1.165) is 5.56 Å². The molecule has 2 rings (SSSR count). The fraction of sp³-hybridized carbons (Fsp3) is 0.385. The highest BCUT2D eigenvalue weighted by molar-refractivity contribution is 5.74. The highest BCUT2D eigenvalue weighted by Gasteiger charge is 2.33. The number of benzene rings is 1. The first-order valence-electron chi connectivity index (χ1n) is 6.12. The summed E-state index contributed by atoms with van der Waals surface area (Å²) in [5, 5.41) is 20.8. The second kappa shape index (κ2) is 5.17. The van der Waals surface area contributed by atoms with Crippen molar-refractivity contribution in [2.75, 3.05) is 0 Å². The molecule has 1 heterocycles. The van der Waals surface area contributed by atoms with E-state index in [0.29, 0.717) is 12.2 Å². The van der Waals surface area contributed by atoms with Gasteiger partial charge in [-0.2, -0.15) is 0 Å². The van der Waals surface area contributed by atoms with Crippen molar-refractivity contribution in [2.45, 2.75) is 26.8 Å². The van der Waals surface area contributed by atoms with Gasteiger partial charge in [0.2, 0.25) is 0 Å². The monoisotopic (exact) mass is 260 g/mol. The van der Waals surface area contributed by atoms with Crippen LogP contribution in [-0.2, 0) is 11.3 Å². The van der Waals surface area contributed by atoms with Crippen molar-refractivity contribution in [3.05, 3.63) is 30.3 Å². The molecule has 0 aliphatic heterocycles. The van der Waals surface area contributed by atoms with Gasteiger partial charge in [0.15, 0.2) is 5.82 Å². The van der Waals surface area contributed by atoms with Crippen molar-refractivity contribution in [3.8, 4) is 11.4 Å². The zero-order valence-corrected chi connectivity index (χ0v) is 10.9. The van der Waals surface area contributed by atoms with Crippen LogP contribution in [0.25, 0.3) is 11.4 Å². The maximum atomic E-state index is 11.3. The summed E-state index contributed by atoms with van der Waals surface area (Å²) < 4.78 is 1.55. The second-order valence-electron chi connectivity index (χ2n) is 4.75. The molecule has 0 fully saturated rings. The van der Waals surface area contributed by atoms with Gasteiger partial charge in [0.25, 0.3) is 0 Å². The molecule has 0 saturated carbocycles. The summed E-state index contributed by atoms with van der Waals surface area (Å²) in [6.45, 7) is 3.79. The molecule has 19 heavy (non-hydrogen) atoms. The molecule has 0 spiro atoms. The Hall–Kier alpha value is -2.24. The van der Waals surface area contributed by atoms with Gasteiger partial charge in [0.05, 0.1) is 12.0 Å². The number of carboxylic acid groups (broad SMARTS) is 1. The van der Waals surface area contributed by atoms with Crippen molar-refractivity contribution in [2.24, 2.45) is 5.41 Å². The minimum atomic E-state index is -0.876. The van der Waals surface area contributed by atoms with Crippen LogP contribution in [0.2, 0.25) is 0 Å². The van der Waals surface area contributed by atoms with Gasteiger partial charge >= 0.3 is 5.97 Å². The lowest BCUT2D eigenvalue weighted by atomic mass is 9.88. The molecule has 0 radical (unpaired) electrons. The van der Waals surface area contributed by atoms with Gasteiger partial charge in [0, 0.05) is 5.56 Å². The standard InChI is InChI=1S/C13H16N4O2/c1-3-13(2,12(18)19)9-17-11(14-15-16-17)10-7-5-4-6-8-10/h4-8H,3,9H2,1-2H3,(H,18,19). The number of hydrogen-bond donors (Lipinski definition) is 1. The lowest BCUT2D eigenvalue weighted by Gasteiger charge is -2.22. The Morgan fingerprint density at radius 1 is 1.37 bits per heavy atom. The van der Waals surface area contributed by atoms with E-state index in [1.54, 1.807) is 11.6 Å². The Bertz CT molecular complexity index is 567. The van der Waals surface area contributed by atoms with Gasteiger partial charge < -0.3 is 5.11 Å². The molecule has 2 aromatic rings. The Labute approximate surface area is 111 Å². The van der Waals surface area contributed by atoms with Gasteiger partial charge in [-0.05, 0) is 23.8 Å². The highest BCUT2D eigenvalue weighted by Crippen LogP contribution is 2.26. The van der Waals surface area contributed by atoms with E-state index in [9.17, 15) is 9.90 Å². The van der Waals surface area contributed by atoms with E-state index in [1.165, 1.54) is 0 Å². The quantitative estimate of drug-likeness (QED) is 0.887. The van der Waals surface area contributed by atoms with Crippen LogP contribution >= 0.6 is 0 Å². The maximum Gasteiger partial charge on any atom is 0.311 e. The van der Waals surface area contributed by atoms with E-state index in [4.69, 9.17) is 0 Å². The van der Waals surface area contributed by atoms with Crippen LogP contribution in [-0.4, -0.2) is 31.3 Å². The number of hydrogen-bond acceptors (Lipinski definition) is 4. The molecule has 1 N–H and O–H groups in total. The Kier molecular flexibility index (Phi) is 3.59. The molecule has 0 bridgehead atoms. The molecule has 0 saturated heterocycles. The number of tetrazole rings is 1. The topological polar surface area (TPSA) is 80.9 Å². The summed E-state index contributed by atoms with van der Waals surface area (Å²) in [5.74, 6) is -0.258. The summed E-state index contributed by atoms with van der Waals surface area (Å²) in [7, 11) is 0. The Morgan fingerprint density at radius 3 is 2.63 bits per heavy atom. The predicted octanol–water partition coefficient (Wildman–Crippen LogP) is 1.84. The molecule has 1 aromatic carbocycles. The maximum absolute atomic E-state index is 11.3. The van der Waals surface area contributed by atoms with Gasteiger partial charge in [-0.25, -0.2) is 4.68 Å². The van der Waals surface area contributed by atoms with Crippen LogP contribution in [0.5, 0.6) is 0 Å². The molecule has 1 unspecified atom stereocenters. The molecule has 0 aliphatic carbocycles. The molecule has 0 aliphatic rings. The normalized spacial score (nSPS) is 14.0. The van der Waals surface area contributed by atoms with Crippen molar-refractivity contribution in [1.82, 2.24) is 20.2 Å². The zero-order valence-electron chi connectivity index (χ0n) is 10.9.